The maximum atomic E-state index is 12.2. The first-order chi connectivity index (χ1) is 9.04. The summed E-state index contributed by atoms with van der Waals surface area (Å²) >= 11 is 0. The highest BCUT2D eigenvalue weighted by molar-refractivity contribution is 5.94. The van der Waals surface area contributed by atoms with Gasteiger partial charge in [0.15, 0.2) is 0 Å². The molecule has 1 fully saturated rings. The fourth-order valence-electron chi connectivity index (χ4n) is 2.61. The van der Waals surface area contributed by atoms with Crippen molar-refractivity contribution in [3.05, 3.63) is 35.4 Å². The Bertz CT molecular complexity index is 496. The van der Waals surface area contributed by atoms with Gasteiger partial charge in [0, 0.05) is 19.2 Å². The minimum absolute atomic E-state index is 0.121. The molecule has 1 amide bonds. The molecule has 1 saturated carbocycles. The number of carbonyl (C=O) groups is 1. The monoisotopic (exact) mass is 258 g/mol. The van der Waals surface area contributed by atoms with Crippen molar-refractivity contribution in [2.45, 2.75) is 31.3 Å². The van der Waals surface area contributed by atoms with Crippen LogP contribution in [0, 0.1) is 11.3 Å². The minimum atomic E-state index is -0.725. The first-order valence-corrected chi connectivity index (χ1v) is 6.52. The van der Waals surface area contributed by atoms with Crippen LogP contribution in [0.1, 0.15) is 41.6 Å². The van der Waals surface area contributed by atoms with Crippen LogP contribution < -0.4 is 0 Å². The summed E-state index contributed by atoms with van der Waals surface area (Å²) in [5.74, 6) is -0.121. The summed E-state index contributed by atoms with van der Waals surface area (Å²) in [6.07, 6.45) is 3.57. The third-order valence-electron chi connectivity index (χ3n) is 3.67. The predicted octanol–water partition coefficient (Wildman–Crippen LogP) is 1.94. The molecule has 0 radical (unpaired) electrons. The molecule has 1 aromatic carbocycles. The lowest BCUT2D eigenvalue weighted by Crippen LogP contribution is -2.42. The Kier molecular flexibility index (Phi) is 3.87. The predicted molar refractivity (Wildman–Crippen MR) is 71.5 cm³/mol. The van der Waals surface area contributed by atoms with Gasteiger partial charge in [0.25, 0.3) is 5.91 Å². The van der Waals surface area contributed by atoms with E-state index in [0.717, 1.165) is 25.7 Å². The first-order valence-electron chi connectivity index (χ1n) is 6.52. The highest BCUT2D eigenvalue weighted by Crippen LogP contribution is 2.30. The highest BCUT2D eigenvalue weighted by Gasteiger charge is 2.33. The van der Waals surface area contributed by atoms with Crippen LogP contribution in [0.5, 0.6) is 0 Å². The second-order valence-electron chi connectivity index (χ2n) is 5.28. The average Bonchev–Trinajstić information content (AvgIpc) is 2.84. The van der Waals surface area contributed by atoms with E-state index in [1.807, 2.05) is 6.07 Å². The number of carbonyl (C=O) groups excluding carboxylic acids is 1. The minimum Gasteiger partial charge on any atom is -0.388 e. The van der Waals surface area contributed by atoms with Crippen LogP contribution >= 0.6 is 0 Å². The lowest BCUT2D eigenvalue weighted by molar-refractivity contribution is 0.0157. The van der Waals surface area contributed by atoms with Crippen LogP contribution in [0.3, 0.4) is 0 Å². The van der Waals surface area contributed by atoms with Gasteiger partial charge in [0.1, 0.15) is 0 Å². The molecule has 2 rings (SSSR count). The molecule has 19 heavy (non-hydrogen) atoms. The summed E-state index contributed by atoms with van der Waals surface area (Å²) in [5.41, 5.74) is 0.355. The van der Waals surface area contributed by atoms with Crippen molar-refractivity contribution < 1.29 is 9.90 Å². The maximum absolute atomic E-state index is 12.2. The molecule has 0 aromatic heterocycles. The Labute approximate surface area is 113 Å². The van der Waals surface area contributed by atoms with Gasteiger partial charge in [0.05, 0.1) is 17.2 Å². The zero-order chi connectivity index (χ0) is 13.9. The number of hydrogen-bond acceptors (Lipinski definition) is 3. The van der Waals surface area contributed by atoms with Gasteiger partial charge in [-0.25, -0.2) is 0 Å². The van der Waals surface area contributed by atoms with Gasteiger partial charge < -0.3 is 10.0 Å². The van der Waals surface area contributed by atoms with Crippen molar-refractivity contribution in [3.8, 4) is 6.07 Å². The summed E-state index contributed by atoms with van der Waals surface area (Å²) in [6, 6.07) is 8.58. The van der Waals surface area contributed by atoms with Gasteiger partial charge in [-0.05, 0) is 37.1 Å². The van der Waals surface area contributed by atoms with E-state index < -0.39 is 5.60 Å². The number of benzene rings is 1. The lowest BCUT2D eigenvalue weighted by atomic mass is 10.0. The molecule has 0 atom stereocenters. The van der Waals surface area contributed by atoms with E-state index >= 15 is 0 Å². The van der Waals surface area contributed by atoms with Crippen LogP contribution in [0.15, 0.2) is 24.3 Å². The van der Waals surface area contributed by atoms with Gasteiger partial charge in [0.2, 0.25) is 0 Å². The molecular formula is C15H18N2O2. The number of hydrogen-bond donors (Lipinski definition) is 1. The maximum Gasteiger partial charge on any atom is 0.253 e. The fourth-order valence-corrected chi connectivity index (χ4v) is 2.61. The summed E-state index contributed by atoms with van der Waals surface area (Å²) in [6.45, 7) is 0.367. The van der Waals surface area contributed by atoms with Crippen LogP contribution in [0.25, 0.3) is 0 Å². The summed E-state index contributed by atoms with van der Waals surface area (Å²) < 4.78 is 0. The highest BCUT2D eigenvalue weighted by atomic mass is 16.3. The molecule has 1 aliphatic carbocycles. The lowest BCUT2D eigenvalue weighted by Gasteiger charge is -2.28. The molecule has 0 bridgehead atoms. The Morgan fingerprint density at radius 3 is 2.47 bits per heavy atom. The average molecular weight is 258 g/mol. The van der Waals surface area contributed by atoms with E-state index in [-0.39, 0.29) is 5.91 Å². The molecule has 0 unspecified atom stereocenters. The van der Waals surface area contributed by atoms with Gasteiger partial charge in [-0.2, -0.15) is 5.26 Å². The van der Waals surface area contributed by atoms with Crippen molar-refractivity contribution in [3.63, 3.8) is 0 Å². The number of nitriles is 1. The Hall–Kier alpha value is -1.86. The quantitative estimate of drug-likeness (QED) is 0.901. The molecule has 4 heteroatoms. The van der Waals surface area contributed by atoms with Gasteiger partial charge in [-0.15, -0.1) is 0 Å². The summed E-state index contributed by atoms with van der Waals surface area (Å²) in [5, 5.41) is 19.0. The van der Waals surface area contributed by atoms with E-state index in [0.29, 0.717) is 17.7 Å². The van der Waals surface area contributed by atoms with Gasteiger partial charge >= 0.3 is 0 Å². The van der Waals surface area contributed by atoms with E-state index in [4.69, 9.17) is 5.26 Å². The Morgan fingerprint density at radius 2 is 1.95 bits per heavy atom. The molecular weight excluding hydrogens is 240 g/mol. The molecule has 0 spiro atoms. The van der Waals surface area contributed by atoms with Crippen molar-refractivity contribution in [2.24, 2.45) is 0 Å². The zero-order valence-electron chi connectivity index (χ0n) is 11.1. The van der Waals surface area contributed by atoms with Crippen LogP contribution in [0.2, 0.25) is 0 Å². The molecule has 0 heterocycles. The van der Waals surface area contributed by atoms with E-state index in [9.17, 15) is 9.90 Å². The summed E-state index contributed by atoms with van der Waals surface area (Å²) in [4.78, 5) is 13.8. The standard InChI is InChI=1S/C15H18N2O2/c1-17(11-15(19)8-2-3-9-15)14(18)13-6-4-12(10-16)5-7-13/h4-7,19H,2-3,8-9,11H2,1H3. The normalized spacial score (nSPS) is 16.9. The second-order valence-corrected chi connectivity index (χ2v) is 5.28. The van der Waals surface area contributed by atoms with Crippen molar-refractivity contribution in [2.75, 3.05) is 13.6 Å². The van der Waals surface area contributed by atoms with Crippen LogP contribution in [-0.2, 0) is 0 Å². The van der Waals surface area contributed by atoms with Crippen molar-refractivity contribution >= 4 is 5.91 Å². The van der Waals surface area contributed by atoms with Crippen molar-refractivity contribution in [1.82, 2.24) is 4.90 Å². The third kappa shape index (κ3) is 3.12. The number of aliphatic hydroxyl groups is 1. The number of amides is 1. The molecule has 4 nitrogen and oxygen atoms in total. The molecule has 0 aliphatic heterocycles. The van der Waals surface area contributed by atoms with Crippen LogP contribution in [-0.4, -0.2) is 35.1 Å². The smallest absolute Gasteiger partial charge is 0.253 e. The van der Waals surface area contributed by atoms with E-state index in [2.05, 4.69) is 0 Å². The fraction of sp³-hybridized carbons (Fsp3) is 0.467. The molecule has 1 N–H and O–H groups in total. The van der Waals surface area contributed by atoms with Crippen LogP contribution in [0.4, 0.5) is 0 Å². The Morgan fingerprint density at radius 1 is 1.37 bits per heavy atom. The SMILES string of the molecule is CN(CC1(O)CCCC1)C(=O)c1ccc(C#N)cc1. The van der Waals surface area contributed by atoms with Gasteiger partial charge in [-0.1, -0.05) is 12.8 Å². The summed E-state index contributed by atoms with van der Waals surface area (Å²) in [7, 11) is 1.71. The van der Waals surface area contributed by atoms with Crippen molar-refractivity contribution in [1.29, 1.82) is 5.26 Å². The molecule has 100 valence electrons. The second kappa shape index (κ2) is 5.41. The Balaban J connectivity index is 2.04. The largest absolute Gasteiger partial charge is 0.388 e. The van der Waals surface area contributed by atoms with E-state index in [1.165, 1.54) is 0 Å². The topological polar surface area (TPSA) is 64.3 Å². The van der Waals surface area contributed by atoms with E-state index in [1.54, 1.807) is 36.2 Å². The molecule has 1 aliphatic rings. The number of rotatable bonds is 3. The third-order valence-corrected chi connectivity index (χ3v) is 3.67. The number of nitrogens with zero attached hydrogens (tertiary/aromatic N) is 2. The first kappa shape index (κ1) is 13.6. The zero-order valence-corrected chi connectivity index (χ0v) is 11.1. The van der Waals surface area contributed by atoms with Gasteiger partial charge in [-0.3, -0.25) is 4.79 Å². The molecule has 0 saturated heterocycles. The number of likely N-dealkylation sites (N-methyl/N-ethyl adjacent to an activating group) is 1. The molecule has 1 aromatic rings.